The standard InChI is InChI=1S/C38H35ClO3/c39-25-24-37(32-14-8-3-9-15-32)38(34-18-22-36(23-19-34)42-29-31-12-6-2-7-13-31)33-16-20-35(21-17-33)41-27-26-40-28-30-10-4-1-5-11-30/h1-23H,24-29H2. The molecule has 0 radical (unpaired) electrons. The SMILES string of the molecule is ClCCC(=C(c1ccc(OCCOCc2ccccc2)cc1)c1ccc(OCc2ccccc2)cc1)c1ccccc1. The van der Waals surface area contributed by atoms with Crippen LogP contribution < -0.4 is 9.47 Å². The summed E-state index contributed by atoms with van der Waals surface area (Å²) in [6.07, 6.45) is 0.740. The minimum atomic E-state index is 0.487. The van der Waals surface area contributed by atoms with Crippen molar-refractivity contribution in [3.05, 3.63) is 167 Å². The molecule has 0 unspecified atom stereocenters. The Kier molecular flexibility index (Phi) is 10.9. The van der Waals surface area contributed by atoms with Crippen LogP contribution in [0.15, 0.2) is 140 Å². The van der Waals surface area contributed by atoms with Crippen LogP contribution in [0.3, 0.4) is 0 Å². The van der Waals surface area contributed by atoms with E-state index in [1.807, 2.05) is 66.7 Å². The van der Waals surface area contributed by atoms with Gasteiger partial charge in [-0.2, -0.15) is 0 Å². The first-order chi connectivity index (χ1) is 20.8. The van der Waals surface area contributed by atoms with Gasteiger partial charge in [-0.3, -0.25) is 0 Å². The number of rotatable bonds is 14. The molecule has 0 spiro atoms. The highest BCUT2D eigenvalue weighted by Gasteiger charge is 2.15. The van der Waals surface area contributed by atoms with Crippen molar-refractivity contribution in [1.29, 1.82) is 0 Å². The third-order valence-corrected chi connectivity index (χ3v) is 7.10. The lowest BCUT2D eigenvalue weighted by atomic mass is 9.88. The normalized spacial score (nSPS) is 11.5. The van der Waals surface area contributed by atoms with E-state index in [0.29, 0.717) is 32.3 Å². The monoisotopic (exact) mass is 574 g/mol. The summed E-state index contributed by atoms with van der Waals surface area (Å²) in [6.45, 7) is 2.12. The van der Waals surface area contributed by atoms with Gasteiger partial charge in [0.25, 0.3) is 0 Å². The molecule has 4 heteroatoms. The molecule has 0 aromatic heterocycles. The van der Waals surface area contributed by atoms with Crippen LogP contribution in [0.1, 0.15) is 34.2 Å². The fourth-order valence-electron chi connectivity index (χ4n) is 4.82. The van der Waals surface area contributed by atoms with Gasteiger partial charge in [0.15, 0.2) is 0 Å². The molecule has 42 heavy (non-hydrogen) atoms. The van der Waals surface area contributed by atoms with Crippen LogP contribution >= 0.6 is 11.6 Å². The second kappa shape index (κ2) is 15.6. The Morgan fingerprint density at radius 1 is 0.476 bits per heavy atom. The van der Waals surface area contributed by atoms with E-state index in [4.69, 9.17) is 25.8 Å². The van der Waals surface area contributed by atoms with Gasteiger partial charge >= 0.3 is 0 Å². The predicted octanol–water partition coefficient (Wildman–Crippen LogP) is 9.45. The smallest absolute Gasteiger partial charge is 0.119 e. The summed E-state index contributed by atoms with van der Waals surface area (Å²) in [7, 11) is 0. The van der Waals surface area contributed by atoms with Gasteiger partial charge in [0, 0.05) is 5.88 Å². The minimum absolute atomic E-state index is 0.487. The maximum atomic E-state index is 6.35. The summed E-state index contributed by atoms with van der Waals surface area (Å²) in [5, 5.41) is 0. The summed E-state index contributed by atoms with van der Waals surface area (Å²) in [4.78, 5) is 0. The molecule has 0 saturated heterocycles. The topological polar surface area (TPSA) is 27.7 Å². The first-order valence-electron chi connectivity index (χ1n) is 14.3. The molecule has 0 N–H and O–H groups in total. The zero-order valence-corrected chi connectivity index (χ0v) is 24.4. The summed E-state index contributed by atoms with van der Waals surface area (Å²) >= 11 is 6.35. The molecule has 0 amide bonds. The number of hydrogen-bond acceptors (Lipinski definition) is 3. The van der Waals surface area contributed by atoms with Gasteiger partial charge in [0.05, 0.1) is 13.2 Å². The van der Waals surface area contributed by atoms with Crippen molar-refractivity contribution in [1.82, 2.24) is 0 Å². The van der Waals surface area contributed by atoms with E-state index in [2.05, 4.69) is 72.8 Å². The molecule has 0 aliphatic rings. The molecule has 0 heterocycles. The van der Waals surface area contributed by atoms with Gasteiger partial charge in [-0.05, 0) is 69.6 Å². The number of alkyl halides is 1. The summed E-state index contributed by atoms with van der Waals surface area (Å²) in [5.74, 6) is 2.17. The van der Waals surface area contributed by atoms with Gasteiger partial charge in [0.1, 0.15) is 24.7 Å². The minimum Gasteiger partial charge on any atom is -0.491 e. The number of benzene rings is 5. The van der Waals surface area contributed by atoms with E-state index in [9.17, 15) is 0 Å². The van der Waals surface area contributed by atoms with Crippen molar-refractivity contribution < 1.29 is 14.2 Å². The van der Waals surface area contributed by atoms with E-state index in [1.165, 1.54) is 5.57 Å². The Morgan fingerprint density at radius 2 is 0.976 bits per heavy atom. The van der Waals surface area contributed by atoms with Gasteiger partial charge in [-0.25, -0.2) is 0 Å². The maximum Gasteiger partial charge on any atom is 0.119 e. The van der Waals surface area contributed by atoms with Crippen molar-refractivity contribution in [2.24, 2.45) is 0 Å². The Hall–Kier alpha value is -4.31. The Balaban J connectivity index is 1.33. The number of hydrogen-bond donors (Lipinski definition) is 0. The van der Waals surface area contributed by atoms with Crippen LogP contribution in [0.5, 0.6) is 11.5 Å². The summed E-state index contributed by atoms with van der Waals surface area (Å²) < 4.78 is 17.8. The first kappa shape index (κ1) is 29.2. The van der Waals surface area contributed by atoms with Crippen LogP contribution in [0, 0.1) is 0 Å². The van der Waals surface area contributed by atoms with Crippen LogP contribution in [0.2, 0.25) is 0 Å². The van der Waals surface area contributed by atoms with Gasteiger partial charge in [-0.15, -0.1) is 11.6 Å². The molecule has 212 valence electrons. The predicted molar refractivity (Wildman–Crippen MR) is 173 cm³/mol. The number of halogens is 1. The fourth-order valence-corrected chi connectivity index (χ4v) is 5.01. The molecule has 5 aromatic carbocycles. The molecule has 0 fully saturated rings. The molecular formula is C38H35ClO3. The van der Waals surface area contributed by atoms with E-state index in [-0.39, 0.29) is 0 Å². The van der Waals surface area contributed by atoms with Crippen molar-refractivity contribution >= 4 is 22.7 Å². The second-order valence-corrected chi connectivity index (χ2v) is 10.2. The van der Waals surface area contributed by atoms with Crippen molar-refractivity contribution in [3.8, 4) is 11.5 Å². The molecule has 3 nitrogen and oxygen atoms in total. The summed E-state index contributed by atoms with van der Waals surface area (Å²) in [5.41, 5.74) is 8.01. The molecule has 5 rings (SSSR count). The molecule has 0 saturated carbocycles. The Morgan fingerprint density at radius 3 is 1.52 bits per heavy atom. The van der Waals surface area contributed by atoms with Crippen molar-refractivity contribution in [2.45, 2.75) is 19.6 Å². The highest BCUT2D eigenvalue weighted by Crippen LogP contribution is 2.36. The van der Waals surface area contributed by atoms with Crippen LogP contribution in [0.4, 0.5) is 0 Å². The van der Waals surface area contributed by atoms with Crippen LogP contribution in [-0.2, 0) is 18.0 Å². The van der Waals surface area contributed by atoms with Crippen LogP contribution in [-0.4, -0.2) is 19.1 Å². The fraction of sp³-hybridized carbons (Fsp3) is 0.158. The molecule has 0 aliphatic heterocycles. The van der Waals surface area contributed by atoms with E-state index < -0.39 is 0 Å². The molecule has 0 aliphatic carbocycles. The quantitative estimate of drug-likeness (QED) is 0.0751. The van der Waals surface area contributed by atoms with Gasteiger partial charge in [0.2, 0.25) is 0 Å². The van der Waals surface area contributed by atoms with Crippen LogP contribution in [0.25, 0.3) is 11.1 Å². The lowest BCUT2D eigenvalue weighted by molar-refractivity contribution is 0.0889. The number of ether oxygens (including phenoxy) is 3. The highest BCUT2D eigenvalue weighted by atomic mass is 35.5. The lowest BCUT2D eigenvalue weighted by Gasteiger charge is -2.18. The Labute approximate surface area is 254 Å². The molecule has 5 aromatic rings. The van der Waals surface area contributed by atoms with Crippen molar-refractivity contribution in [2.75, 3.05) is 19.1 Å². The third-order valence-electron chi connectivity index (χ3n) is 6.91. The largest absolute Gasteiger partial charge is 0.491 e. The molecule has 0 bridgehead atoms. The molecular weight excluding hydrogens is 540 g/mol. The molecule has 0 atom stereocenters. The first-order valence-corrected chi connectivity index (χ1v) is 14.8. The van der Waals surface area contributed by atoms with Gasteiger partial charge in [-0.1, -0.05) is 115 Å². The van der Waals surface area contributed by atoms with E-state index in [0.717, 1.165) is 51.3 Å². The second-order valence-electron chi connectivity index (χ2n) is 9.87. The number of allylic oxidation sites excluding steroid dienone is 1. The Bertz CT molecular complexity index is 1520. The average molecular weight is 575 g/mol. The third kappa shape index (κ3) is 8.36. The van der Waals surface area contributed by atoms with Crippen molar-refractivity contribution in [3.63, 3.8) is 0 Å². The summed E-state index contributed by atoms with van der Waals surface area (Å²) in [6, 6.07) is 47.4. The zero-order chi connectivity index (χ0) is 28.8. The lowest BCUT2D eigenvalue weighted by Crippen LogP contribution is -2.06. The maximum absolute atomic E-state index is 6.35. The zero-order valence-electron chi connectivity index (χ0n) is 23.6. The van der Waals surface area contributed by atoms with Gasteiger partial charge < -0.3 is 14.2 Å². The highest BCUT2D eigenvalue weighted by molar-refractivity contribution is 6.18. The van der Waals surface area contributed by atoms with E-state index in [1.54, 1.807) is 0 Å². The van der Waals surface area contributed by atoms with E-state index >= 15 is 0 Å². The average Bonchev–Trinajstić information content (AvgIpc) is 3.06.